The Bertz CT molecular complexity index is 464. The smallest absolute Gasteiger partial charge is 0.0170 e. The molecule has 1 aromatic carbocycles. The van der Waals surface area contributed by atoms with E-state index in [1.54, 1.807) is 0 Å². The molecule has 1 aliphatic rings. The maximum absolute atomic E-state index is 2.67. The van der Waals surface area contributed by atoms with Gasteiger partial charge in [0.1, 0.15) is 0 Å². The third kappa shape index (κ3) is 3.88. The molecule has 21 heavy (non-hydrogen) atoms. The Labute approximate surface area is 131 Å². The van der Waals surface area contributed by atoms with Crippen LogP contribution in [0.1, 0.15) is 66.0 Å². The Kier molecular flexibility index (Phi) is 4.54. The second-order valence-corrected chi connectivity index (χ2v) is 8.77. The summed E-state index contributed by atoms with van der Waals surface area (Å²) >= 11 is 0. The molecule has 1 heterocycles. The van der Waals surface area contributed by atoms with E-state index in [0.717, 1.165) is 6.04 Å². The van der Waals surface area contributed by atoms with Crippen LogP contribution in [0, 0.1) is 5.92 Å². The zero-order valence-corrected chi connectivity index (χ0v) is 15.0. The highest BCUT2D eigenvalue weighted by atomic mass is 15.3. The molecule has 2 rings (SSSR count). The topological polar surface area (TPSA) is 3.24 Å². The minimum Gasteiger partial charge on any atom is -0.295 e. The summed E-state index contributed by atoms with van der Waals surface area (Å²) in [5.41, 5.74) is 3.56. The molecule has 0 bridgehead atoms. The zero-order valence-electron chi connectivity index (χ0n) is 15.0. The Hall–Kier alpha value is -0.820. The third-order valence-electron chi connectivity index (χ3n) is 5.02. The second-order valence-electron chi connectivity index (χ2n) is 8.77. The lowest BCUT2D eigenvalue weighted by Crippen LogP contribution is -2.62. The normalized spacial score (nSPS) is 23.7. The van der Waals surface area contributed by atoms with Crippen molar-refractivity contribution in [3.8, 4) is 0 Å². The van der Waals surface area contributed by atoms with Gasteiger partial charge in [0.25, 0.3) is 0 Å². The molecule has 2 unspecified atom stereocenters. The van der Waals surface area contributed by atoms with Gasteiger partial charge in [-0.3, -0.25) is 4.90 Å². The van der Waals surface area contributed by atoms with Crippen molar-refractivity contribution < 1.29 is 0 Å². The molecule has 0 aliphatic carbocycles. The fraction of sp³-hybridized carbons (Fsp3) is 0.700. The van der Waals surface area contributed by atoms with E-state index < -0.39 is 0 Å². The van der Waals surface area contributed by atoms with Crippen LogP contribution in [0.3, 0.4) is 0 Å². The Morgan fingerprint density at radius 2 is 1.76 bits per heavy atom. The van der Waals surface area contributed by atoms with Crippen LogP contribution in [0.5, 0.6) is 0 Å². The number of nitrogens with zero attached hydrogens (tertiary/aromatic N) is 1. The molecule has 1 saturated heterocycles. The van der Waals surface area contributed by atoms with Gasteiger partial charge in [-0.1, -0.05) is 52.0 Å². The summed E-state index contributed by atoms with van der Waals surface area (Å²) in [6, 6.07) is 10.0. The highest BCUT2D eigenvalue weighted by Crippen LogP contribution is 2.36. The summed E-state index contributed by atoms with van der Waals surface area (Å²) in [7, 11) is 0. The maximum atomic E-state index is 2.67. The molecule has 0 radical (unpaired) electrons. The van der Waals surface area contributed by atoms with Gasteiger partial charge < -0.3 is 0 Å². The SMILES string of the molecule is CC(Cc1ccc(C(C)(C)C)cc1)CN1C(C)CC1(C)C. The zero-order chi connectivity index (χ0) is 15.8. The molecule has 0 aromatic heterocycles. The molecular formula is C20H33N. The first-order valence-corrected chi connectivity index (χ1v) is 8.46. The van der Waals surface area contributed by atoms with Crippen LogP contribution in [0.15, 0.2) is 24.3 Å². The van der Waals surface area contributed by atoms with E-state index in [4.69, 9.17) is 0 Å². The highest BCUT2D eigenvalue weighted by molar-refractivity contribution is 5.27. The number of benzene rings is 1. The van der Waals surface area contributed by atoms with Crippen molar-refractivity contribution in [2.45, 2.75) is 78.3 Å². The average Bonchev–Trinajstić information content (AvgIpc) is 2.35. The van der Waals surface area contributed by atoms with Gasteiger partial charge in [0.15, 0.2) is 0 Å². The summed E-state index contributed by atoms with van der Waals surface area (Å²) in [5, 5.41) is 0. The predicted octanol–water partition coefficient (Wildman–Crippen LogP) is 5.04. The summed E-state index contributed by atoms with van der Waals surface area (Å²) in [5.74, 6) is 0.715. The molecule has 1 aromatic rings. The van der Waals surface area contributed by atoms with E-state index in [9.17, 15) is 0 Å². The van der Waals surface area contributed by atoms with Gasteiger partial charge in [-0.2, -0.15) is 0 Å². The van der Waals surface area contributed by atoms with Crippen LogP contribution in [0.4, 0.5) is 0 Å². The molecule has 0 amide bonds. The van der Waals surface area contributed by atoms with Crippen LogP contribution in [-0.2, 0) is 11.8 Å². The summed E-state index contributed by atoms with van der Waals surface area (Å²) < 4.78 is 0. The van der Waals surface area contributed by atoms with Crippen molar-refractivity contribution in [2.75, 3.05) is 6.54 Å². The van der Waals surface area contributed by atoms with E-state index in [0.29, 0.717) is 11.5 Å². The number of rotatable bonds is 4. The van der Waals surface area contributed by atoms with Crippen LogP contribution >= 0.6 is 0 Å². The van der Waals surface area contributed by atoms with Crippen molar-refractivity contribution in [1.82, 2.24) is 4.90 Å². The van der Waals surface area contributed by atoms with Crippen molar-refractivity contribution in [1.29, 1.82) is 0 Å². The van der Waals surface area contributed by atoms with Crippen LogP contribution in [-0.4, -0.2) is 23.0 Å². The molecular weight excluding hydrogens is 254 g/mol. The fourth-order valence-corrected chi connectivity index (χ4v) is 3.81. The minimum atomic E-state index is 0.251. The first kappa shape index (κ1) is 16.5. The van der Waals surface area contributed by atoms with E-state index in [1.165, 1.54) is 30.5 Å². The fourth-order valence-electron chi connectivity index (χ4n) is 3.81. The molecule has 118 valence electrons. The number of hydrogen-bond acceptors (Lipinski definition) is 1. The van der Waals surface area contributed by atoms with Crippen LogP contribution in [0.2, 0.25) is 0 Å². The van der Waals surface area contributed by atoms with Crippen molar-refractivity contribution in [3.63, 3.8) is 0 Å². The van der Waals surface area contributed by atoms with Gasteiger partial charge in [-0.05, 0) is 56.1 Å². The van der Waals surface area contributed by atoms with Crippen molar-refractivity contribution >= 4 is 0 Å². The largest absolute Gasteiger partial charge is 0.295 e. The molecule has 1 heteroatoms. The molecule has 1 aliphatic heterocycles. The van der Waals surface area contributed by atoms with E-state index in [-0.39, 0.29) is 5.41 Å². The van der Waals surface area contributed by atoms with Gasteiger partial charge in [0, 0.05) is 18.1 Å². The molecule has 0 spiro atoms. The quantitative estimate of drug-likeness (QED) is 0.750. The standard InChI is InChI=1S/C20H33N/c1-15(14-21-16(2)13-20(21,6)7)12-17-8-10-18(11-9-17)19(3,4)5/h8-11,15-16H,12-14H2,1-7H3. The first-order valence-electron chi connectivity index (χ1n) is 8.46. The molecule has 0 saturated carbocycles. The minimum absolute atomic E-state index is 0.251. The lowest BCUT2D eigenvalue weighted by Gasteiger charge is -2.55. The van der Waals surface area contributed by atoms with Gasteiger partial charge in [-0.25, -0.2) is 0 Å². The van der Waals surface area contributed by atoms with Crippen LogP contribution in [0.25, 0.3) is 0 Å². The van der Waals surface area contributed by atoms with E-state index in [1.807, 2.05) is 0 Å². The monoisotopic (exact) mass is 287 g/mol. The van der Waals surface area contributed by atoms with Crippen molar-refractivity contribution in [3.05, 3.63) is 35.4 Å². The lowest BCUT2D eigenvalue weighted by molar-refractivity contribution is -0.0495. The van der Waals surface area contributed by atoms with Gasteiger partial charge in [-0.15, -0.1) is 0 Å². The summed E-state index contributed by atoms with van der Waals surface area (Å²) in [6.07, 6.45) is 2.52. The Balaban J connectivity index is 1.92. The van der Waals surface area contributed by atoms with Gasteiger partial charge in [0.2, 0.25) is 0 Å². The lowest BCUT2D eigenvalue weighted by atomic mass is 9.81. The average molecular weight is 287 g/mol. The Morgan fingerprint density at radius 3 is 2.19 bits per heavy atom. The molecule has 2 atom stereocenters. The summed E-state index contributed by atoms with van der Waals surface area (Å²) in [4.78, 5) is 2.67. The number of likely N-dealkylation sites (tertiary alicyclic amines) is 1. The maximum Gasteiger partial charge on any atom is 0.0170 e. The Morgan fingerprint density at radius 1 is 1.19 bits per heavy atom. The third-order valence-corrected chi connectivity index (χ3v) is 5.02. The van der Waals surface area contributed by atoms with E-state index in [2.05, 4.69) is 77.6 Å². The van der Waals surface area contributed by atoms with Gasteiger partial charge in [0.05, 0.1) is 0 Å². The van der Waals surface area contributed by atoms with Crippen LogP contribution < -0.4 is 0 Å². The molecule has 1 nitrogen and oxygen atoms in total. The second kappa shape index (κ2) is 5.76. The molecule has 0 N–H and O–H groups in total. The number of hydrogen-bond donors (Lipinski definition) is 0. The predicted molar refractivity (Wildman–Crippen MR) is 92.9 cm³/mol. The summed E-state index contributed by atoms with van der Waals surface area (Å²) in [6.45, 7) is 17.5. The molecule has 1 fully saturated rings. The first-order chi connectivity index (χ1) is 9.59. The van der Waals surface area contributed by atoms with E-state index >= 15 is 0 Å². The highest BCUT2D eigenvalue weighted by Gasteiger charge is 2.42. The van der Waals surface area contributed by atoms with Gasteiger partial charge >= 0.3 is 0 Å². The van der Waals surface area contributed by atoms with Crippen molar-refractivity contribution in [2.24, 2.45) is 5.92 Å².